The molecule has 0 radical (unpaired) electrons. The van der Waals surface area contributed by atoms with Crippen LogP contribution in [-0.4, -0.2) is 6.54 Å². The van der Waals surface area contributed by atoms with E-state index in [1.807, 2.05) is 0 Å². The lowest BCUT2D eigenvalue weighted by molar-refractivity contribution is 0.894. The molecule has 0 aromatic rings. The van der Waals surface area contributed by atoms with Gasteiger partial charge < -0.3 is 5.32 Å². The molecule has 0 amide bonds. The zero-order valence-electron chi connectivity index (χ0n) is 15.6. The zero-order chi connectivity index (χ0) is 17.0. The van der Waals surface area contributed by atoms with Gasteiger partial charge >= 0.3 is 0 Å². The molecule has 1 heteroatoms. The summed E-state index contributed by atoms with van der Waals surface area (Å²) >= 11 is 0. The molecule has 0 bridgehead atoms. The number of allylic oxidation sites excluding steroid dienone is 7. The molecule has 0 aromatic carbocycles. The summed E-state index contributed by atoms with van der Waals surface area (Å²) in [7, 11) is 0. The maximum Gasteiger partial charge on any atom is 0.0333 e. The van der Waals surface area contributed by atoms with Gasteiger partial charge in [-0.1, -0.05) is 47.1 Å². The number of hydrogen-bond acceptors (Lipinski definition) is 1. The Balaban J connectivity index is 4.06. The minimum atomic E-state index is 0.858. The fourth-order valence-electron chi connectivity index (χ4n) is 2.06. The molecule has 0 spiro atoms. The lowest BCUT2D eigenvalue weighted by atomic mass is 10.1. The van der Waals surface area contributed by atoms with Gasteiger partial charge in [-0.3, -0.25) is 0 Å². The quantitative estimate of drug-likeness (QED) is 0.360. The summed E-state index contributed by atoms with van der Waals surface area (Å²) in [6.45, 7) is 17.9. The molecule has 0 atom stereocenters. The fourth-order valence-corrected chi connectivity index (χ4v) is 2.06. The van der Waals surface area contributed by atoms with Crippen molar-refractivity contribution in [2.75, 3.05) is 6.54 Å². The van der Waals surface area contributed by atoms with Crippen LogP contribution in [0, 0.1) is 0 Å². The highest BCUT2D eigenvalue weighted by Crippen LogP contribution is 2.09. The van der Waals surface area contributed by atoms with Crippen molar-refractivity contribution < 1.29 is 0 Å². The molecule has 1 N–H and O–H groups in total. The summed E-state index contributed by atoms with van der Waals surface area (Å²) in [5.74, 6) is 0. The topological polar surface area (TPSA) is 12.0 Å². The van der Waals surface area contributed by atoms with Crippen LogP contribution in [0.4, 0.5) is 0 Å². The van der Waals surface area contributed by atoms with Gasteiger partial charge in [-0.2, -0.15) is 0 Å². The van der Waals surface area contributed by atoms with Gasteiger partial charge in [0, 0.05) is 12.2 Å². The van der Waals surface area contributed by atoms with Crippen LogP contribution in [0.15, 0.2) is 58.9 Å². The van der Waals surface area contributed by atoms with Crippen LogP contribution < -0.4 is 5.32 Å². The molecule has 0 fully saturated rings. The third-order valence-electron chi connectivity index (χ3n) is 3.38. The van der Waals surface area contributed by atoms with Crippen molar-refractivity contribution in [2.45, 2.75) is 67.2 Å². The van der Waals surface area contributed by atoms with E-state index in [4.69, 9.17) is 0 Å². The first kappa shape index (κ1) is 20.5. The van der Waals surface area contributed by atoms with Crippen molar-refractivity contribution in [3.8, 4) is 0 Å². The SMILES string of the molecule is C=C(/C=C(\C)CCC=C(C)C)NC/C=C(\C)CCC=C(C)C. The molecule has 0 aromatic heterocycles. The molecule has 1 nitrogen and oxygen atoms in total. The Hall–Kier alpha value is -1.50. The second kappa shape index (κ2) is 12.1. The Labute approximate surface area is 138 Å². The van der Waals surface area contributed by atoms with E-state index in [0.717, 1.165) is 37.9 Å². The highest BCUT2D eigenvalue weighted by molar-refractivity contribution is 5.19. The molecule has 0 saturated heterocycles. The minimum Gasteiger partial charge on any atom is -0.382 e. The Morgan fingerprint density at radius 3 is 1.77 bits per heavy atom. The number of hydrogen-bond donors (Lipinski definition) is 1. The van der Waals surface area contributed by atoms with Crippen molar-refractivity contribution in [3.05, 3.63) is 58.9 Å². The molecule has 0 saturated carbocycles. The average Bonchev–Trinajstić information content (AvgIpc) is 2.37. The summed E-state index contributed by atoms with van der Waals surface area (Å²) in [5, 5.41) is 3.36. The van der Waals surface area contributed by atoms with Crippen molar-refractivity contribution in [1.82, 2.24) is 5.32 Å². The molecule has 0 aliphatic carbocycles. The first-order valence-corrected chi connectivity index (χ1v) is 8.33. The standard InChI is InChI=1S/C21H35N/c1-17(2)10-8-12-19(5)14-15-22-21(7)16-20(6)13-9-11-18(3)4/h10-11,14,16,22H,7-9,12-13,15H2,1-6H3/b19-14+,20-16+. The Morgan fingerprint density at radius 2 is 1.27 bits per heavy atom. The van der Waals surface area contributed by atoms with E-state index in [2.05, 4.69) is 77.7 Å². The average molecular weight is 302 g/mol. The highest BCUT2D eigenvalue weighted by Gasteiger charge is 1.93. The summed E-state index contributed by atoms with van der Waals surface area (Å²) in [6.07, 6.45) is 13.5. The fraction of sp³-hybridized carbons (Fsp3) is 0.524. The van der Waals surface area contributed by atoms with Gasteiger partial charge in [0.15, 0.2) is 0 Å². The zero-order valence-corrected chi connectivity index (χ0v) is 15.6. The van der Waals surface area contributed by atoms with Gasteiger partial charge in [0.05, 0.1) is 0 Å². The Kier molecular flexibility index (Phi) is 11.3. The van der Waals surface area contributed by atoms with E-state index in [-0.39, 0.29) is 0 Å². The summed E-state index contributed by atoms with van der Waals surface area (Å²) in [5.41, 5.74) is 6.59. The van der Waals surface area contributed by atoms with Crippen LogP contribution in [0.3, 0.4) is 0 Å². The van der Waals surface area contributed by atoms with Crippen LogP contribution in [-0.2, 0) is 0 Å². The van der Waals surface area contributed by atoms with Crippen LogP contribution in [0.5, 0.6) is 0 Å². The van der Waals surface area contributed by atoms with Gasteiger partial charge in [-0.05, 0) is 73.3 Å². The van der Waals surface area contributed by atoms with E-state index in [0.29, 0.717) is 0 Å². The second-order valence-electron chi connectivity index (χ2n) is 6.59. The normalized spacial score (nSPS) is 11.9. The number of rotatable bonds is 10. The highest BCUT2D eigenvalue weighted by atomic mass is 14.9. The third-order valence-corrected chi connectivity index (χ3v) is 3.38. The van der Waals surface area contributed by atoms with E-state index < -0.39 is 0 Å². The second-order valence-corrected chi connectivity index (χ2v) is 6.59. The molecule has 22 heavy (non-hydrogen) atoms. The molecule has 0 rings (SSSR count). The van der Waals surface area contributed by atoms with Gasteiger partial charge in [-0.25, -0.2) is 0 Å². The maximum atomic E-state index is 4.08. The first-order chi connectivity index (χ1) is 10.3. The first-order valence-electron chi connectivity index (χ1n) is 8.33. The summed E-state index contributed by atoms with van der Waals surface area (Å²) < 4.78 is 0. The van der Waals surface area contributed by atoms with E-state index in [1.54, 1.807) is 0 Å². The van der Waals surface area contributed by atoms with Crippen molar-refractivity contribution in [3.63, 3.8) is 0 Å². The molecule has 0 aliphatic heterocycles. The van der Waals surface area contributed by atoms with Crippen molar-refractivity contribution >= 4 is 0 Å². The smallest absolute Gasteiger partial charge is 0.0333 e. The van der Waals surface area contributed by atoms with Gasteiger partial charge in [-0.15, -0.1) is 0 Å². The maximum absolute atomic E-state index is 4.08. The molecule has 124 valence electrons. The Bertz CT molecular complexity index is 450. The monoisotopic (exact) mass is 301 g/mol. The summed E-state index contributed by atoms with van der Waals surface area (Å²) in [4.78, 5) is 0. The lowest BCUT2D eigenvalue weighted by Gasteiger charge is -2.06. The molecule has 0 unspecified atom stereocenters. The predicted molar refractivity (Wildman–Crippen MR) is 102 cm³/mol. The van der Waals surface area contributed by atoms with Crippen LogP contribution >= 0.6 is 0 Å². The van der Waals surface area contributed by atoms with Crippen LogP contribution in [0.2, 0.25) is 0 Å². The van der Waals surface area contributed by atoms with Crippen LogP contribution in [0.25, 0.3) is 0 Å². The van der Waals surface area contributed by atoms with Gasteiger partial charge in [0.25, 0.3) is 0 Å². The van der Waals surface area contributed by atoms with Crippen molar-refractivity contribution in [1.29, 1.82) is 0 Å². The molecular weight excluding hydrogens is 266 g/mol. The lowest BCUT2D eigenvalue weighted by Crippen LogP contribution is -2.11. The largest absolute Gasteiger partial charge is 0.382 e. The molecule has 0 heterocycles. The van der Waals surface area contributed by atoms with E-state index >= 15 is 0 Å². The number of nitrogens with one attached hydrogen (secondary N) is 1. The molecular formula is C21H35N. The molecule has 0 aliphatic rings. The predicted octanol–water partition coefficient (Wildman–Crippen LogP) is 6.48. The summed E-state index contributed by atoms with van der Waals surface area (Å²) in [6, 6.07) is 0. The van der Waals surface area contributed by atoms with E-state index in [1.165, 1.54) is 22.3 Å². The van der Waals surface area contributed by atoms with Crippen molar-refractivity contribution in [2.24, 2.45) is 0 Å². The van der Waals surface area contributed by atoms with Gasteiger partial charge in [0.2, 0.25) is 0 Å². The third kappa shape index (κ3) is 13.5. The van der Waals surface area contributed by atoms with E-state index in [9.17, 15) is 0 Å². The van der Waals surface area contributed by atoms with Gasteiger partial charge in [0.1, 0.15) is 0 Å². The minimum absolute atomic E-state index is 0.858. The van der Waals surface area contributed by atoms with Crippen LogP contribution in [0.1, 0.15) is 67.2 Å². The Morgan fingerprint density at radius 1 is 0.773 bits per heavy atom.